The lowest BCUT2D eigenvalue weighted by Gasteiger charge is -2.29. The number of nitrogens with one attached hydrogen (secondary N) is 2. The van der Waals surface area contributed by atoms with E-state index in [1.165, 1.54) is 0 Å². The fraction of sp³-hybridized carbons (Fsp3) is 0.647. The van der Waals surface area contributed by atoms with Crippen molar-refractivity contribution in [2.45, 2.75) is 51.1 Å². The molecule has 2 aliphatic rings. The third-order valence-corrected chi connectivity index (χ3v) is 4.71. The van der Waals surface area contributed by atoms with Gasteiger partial charge in [0, 0.05) is 19.1 Å². The number of hydrogen-bond acceptors (Lipinski definition) is 3. The molecule has 6 heteroatoms. The molecule has 0 amide bonds. The number of alkyl halides is 3. The fourth-order valence-corrected chi connectivity index (χ4v) is 3.41. The molecule has 1 aromatic carbocycles. The predicted octanol–water partition coefficient (Wildman–Crippen LogP) is 3.01. The van der Waals surface area contributed by atoms with Crippen molar-refractivity contribution >= 4 is 0 Å². The summed E-state index contributed by atoms with van der Waals surface area (Å²) in [5.41, 5.74) is 3.02. The Kier molecular flexibility index (Phi) is 4.94. The summed E-state index contributed by atoms with van der Waals surface area (Å²) in [6.07, 6.45) is -3.37. The van der Waals surface area contributed by atoms with Crippen LogP contribution in [-0.4, -0.2) is 31.9 Å². The number of halogens is 3. The van der Waals surface area contributed by atoms with Crippen LogP contribution in [0.25, 0.3) is 0 Å². The van der Waals surface area contributed by atoms with Crippen molar-refractivity contribution in [2.24, 2.45) is 0 Å². The summed E-state index contributed by atoms with van der Waals surface area (Å²) >= 11 is 0. The van der Waals surface area contributed by atoms with E-state index in [9.17, 15) is 13.2 Å². The van der Waals surface area contributed by atoms with Crippen molar-refractivity contribution in [3.63, 3.8) is 0 Å². The Morgan fingerprint density at radius 1 is 1.35 bits per heavy atom. The number of hydrogen-bond donors (Lipinski definition) is 2. The minimum atomic E-state index is -4.36. The lowest BCUT2D eigenvalue weighted by molar-refractivity contribution is -0.227. The van der Waals surface area contributed by atoms with Gasteiger partial charge in [-0.25, -0.2) is 0 Å². The SMILES string of the molecule is Cc1cc2c(cc1CNC1CCCNC1)[C@@H](C(F)(F)F)OCC2. The summed E-state index contributed by atoms with van der Waals surface area (Å²) < 4.78 is 44.5. The van der Waals surface area contributed by atoms with Crippen molar-refractivity contribution in [2.75, 3.05) is 19.7 Å². The first kappa shape index (κ1) is 16.7. The molecule has 1 aromatic rings. The maximum absolute atomic E-state index is 13.2. The average molecular weight is 328 g/mol. The Bertz CT molecular complexity index is 554. The zero-order chi connectivity index (χ0) is 16.4. The molecule has 0 radical (unpaired) electrons. The topological polar surface area (TPSA) is 33.3 Å². The monoisotopic (exact) mass is 328 g/mol. The van der Waals surface area contributed by atoms with Crippen LogP contribution >= 0.6 is 0 Å². The quantitative estimate of drug-likeness (QED) is 0.895. The number of rotatable bonds is 3. The Morgan fingerprint density at radius 2 is 2.17 bits per heavy atom. The van der Waals surface area contributed by atoms with Gasteiger partial charge in [0.15, 0.2) is 6.10 Å². The standard InChI is InChI=1S/C17H23F3N2O/c1-11-7-12-4-6-23-16(17(18,19)20)15(12)8-13(11)9-22-14-3-2-5-21-10-14/h7-8,14,16,21-22H,2-6,9-10H2,1H3/t14?,16-/m0/s1. The highest BCUT2D eigenvalue weighted by atomic mass is 19.4. The molecule has 2 aliphatic heterocycles. The fourth-order valence-electron chi connectivity index (χ4n) is 3.41. The summed E-state index contributed by atoms with van der Waals surface area (Å²) in [7, 11) is 0. The molecule has 0 bridgehead atoms. The molecule has 3 nitrogen and oxygen atoms in total. The van der Waals surface area contributed by atoms with Crippen LogP contribution in [0.1, 0.15) is 41.2 Å². The average Bonchev–Trinajstić information content (AvgIpc) is 2.52. The Morgan fingerprint density at radius 3 is 2.87 bits per heavy atom. The molecule has 1 unspecified atom stereocenters. The van der Waals surface area contributed by atoms with Crippen LogP contribution in [0.15, 0.2) is 12.1 Å². The summed E-state index contributed by atoms with van der Waals surface area (Å²) in [6, 6.07) is 3.96. The van der Waals surface area contributed by atoms with E-state index in [1.54, 1.807) is 6.07 Å². The molecule has 2 heterocycles. The zero-order valence-corrected chi connectivity index (χ0v) is 13.3. The second kappa shape index (κ2) is 6.79. The number of fused-ring (bicyclic) bond motifs is 1. The molecule has 23 heavy (non-hydrogen) atoms. The minimum Gasteiger partial charge on any atom is -0.364 e. The normalized spacial score (nSPS) is 25.2. The molecular formula is C17H23F3N2O. The van der Waals surface area contributed by atoms with E-state index in [0.29, 0.717) is 19.0 Å². The van der Waals surface area contributed by atoms with E-state index in [4.69, 9.17) is 4.74 Å². The van der Waals surface area contributed by atoms with Gasteiger partial charge in [-0.2, -0.15) is 13.2 Å². The molecule has 2 N–H and O–H groups in total. The van der Waals surface area contributed by atoms with Crippen LogP contribution in [0.4, 0.5) is 13.2 Å². The van der Waals surface area contributed by atoms with Crippen molar-refractivity contribution in [3.05, 3.63) is 34.4 Å². The number of aryl methyl sites for hydroxylation is 1. The Hall–Kier alpha value is -1.11. The van der Waals surface area contributed by atoms with Crippen molar-refractivity contribution < 1.29 is 17.9 Å². The smallest absolute Gasteiger partial charge is 0.364 e. The van der Waals surface area contributed by atoms with E-state index in [2.05, 4.69) is 10.6 Å². The van der Waals surface area contributed by atoms with Crippen LogP contribution in [0, 0.1) is 6.92 Å². The van der Waals surface area contributed by atoms with Gasteiger partial charge in [-0.3, -0.25) is 0 Å². The van der Waals surface area contributed by atoms with Gasteiger partial charge in [0.25, 0.3) is 0 Å². The Labute approximate surface area is 134 Å². The first-order valence-electron chi connectivity index (χ1n) is 8.20. The van der Waals surface area contributed by atoms with Crippen LogP contribution in [0.5, 0.6) is 0 Å². The second-order valence-electron chi connectivity index (χ2n) is 6.44. The van der Waals surface area contributed by atoms with E-state index >= 15 is 0 Å². The highest BCUT2D eigenvalue weighted by Crippen LogP contribution is 2.40. The van der Waals surface area contributed by atoms with Crippen LogP contribution < -0.4 is 10.6 Å². The molecule has 3 rings (SSSR count). The maximum atomic E-state index is 13.2. The third kappa shape index (κ3) is 3.87. The van der Waals surface area contributed by atoms with Crippen molar-refractivity contribution in [1.29, 1.82) is 0 Å². The molecular weight excluding hydrogens is 305 g/mol. The van der Waals surface area contributed by atoms with E-state index in [0.717, 1.165) is 42.6 Å². The highest BCUT2D eigenvalue weighted by molar-refractivity contribution is 5.41. The first-order valence-corrected chi connectivity index (χ1v) is 8.20. The molecule has 1 fully saturated rings. The largest absolute Gasteiger partial charge is 0.418 e. The number of benzene rings is 1. The minimum absolute atomic E-state index is 0.127. The van der Waals surface area contributed by atoms with Crippen LogP contribution in [0.3, 0.4) is 0 Å². The molecule has 0 aromatic heterocycles. The Balaban J connectivity index is 1.78. The van der Waals surface area contributed by atoms with Crippen molar-refractivity contribution in [1.82, 2.24) is 10.6 Å². The second-order valence-corrected chi connectivity index (χ2v) is 6.44. The molecule has 1 saturated heterocycles. The maximum Gasteiger partial charge on any atom is 0.418 e. The zero-order valence-electron chi connectivity index (χ0n) is 13.3. The van der Waals surface area contributed by atoms with E-state index in [-0.39, 0.29) is 12.2 Å². The molecule has 128 valence electrons. The van der Waals surface area contributed by atoms with Gasteiger partial charge in [0.1, 0.15) is 0 Å². The summed E-state index contributed by atoms with van der Waals surface area (Å²) in [6.45, 7) is 4.64. The number of ether oxygens (including phenoxy) is 1. The lowest BCUT2D eigenvalue weighted by Crippen LogP contribution is -2.42. The van der Waals surface area contributed by atoms with E-state index in [1.807, 2.05) is 13.0 Å². The van der Waals surface area contributed by atoms with Gasteiger partial charge < -0.3 is 15.4 Å². The highest BCUT2D eigenvalue weighted by Gasteiger charge is 2.44. The number of piperidine rings is 1. The lowest BCUT2D eigenvalue weighted by atomic mass is 9.92. The van der Waals surface area contributed by atoms with E-state index < -0.39 is 12.3 Å². The van der Waals surface area contributed by atoms with Gasteiger partial charge in [-0.15, -0.1) is 0 Å². The molecule has 0 spiro atoms. The van der Waals surface area contributed by atoms with Gasteiger partial charge in [-0.05, 0) is 55.0 Å². The first-order chi connectivity index (χ1) is 10.9. The summed E-state index contributed by atoms with van der Waals surface area (Å²) in [4.78, 5) is 0. The molecule has 2 atom stereocenters. The van der Waals surface area contributed by atoms with Gasteiger partial charge >= 0.3 is 6.18 Å². The van der Waals surface area contributed by atoms with Crippen LogP contribution in [-0.2, 0) is 17.7 Å². The predicted molar refractivity (Wildman–Crippen MR) is 82.4 cm³/mol. The third-order valence-electron chi connectivity index (χ3n) is 4.71. The van der Waals surface area contributed by atoms with Crippen molar-refractivity contribution in [3.8, 4) is 0 Å². The molecule has 0 aliphatic carbocycles. The van der Waals surface area contributed by atoms with Gasteiger partial charge in [0.05, 0.1) is 6.61 Å². The summed E-state index contributed by atoms with van der Waals surface area (Å²) in [5, 5.41) is 6.79. The van der Waals surface area contributed by atoms with Gasteiger partial charge in [-0.1, -0.05) is 12.1 Å². The summed E-state index contributed by atoms with van der Waals surface area (Å²) in [5.74, 6) is 0. The van der Waals surface area contributed by atoms with Gasteiger partial charge in [0.2, 0.25) is 0 Å². The van der Waals surface area contributed by atoms with Crippen LogP contribution in [0.2, 0.25) is 0 Å². The molecule has 0 saturated carbocycles.